The zero-order valence-corrected chi connectivity index (χ0v) is 10.5. The van der Waals surface area contributed by atoms with Gasteiger partial charge in [0, 0.05) is 5.69 Å². The zero-order valence-electron chi connectivity index (χ0n) is 10.5. The number of aryl methyl sites for hydroxylation is 1. The first kappa shape index (κ1) is 15.1. The predicted octanol–water partition coefficient (Wildman–Crippen LogP) is 3.42. The van der Waals surface area contributed by atoms with E-state index in [0.29, 0.717) is 5.69 Å². The van der Waals surface area contributed by atoms with Crippen molar-refractivity contribution in [2.24, 2.45) is 0 Å². The van der Waals surface area contributed by atoms with Crippen molar-refractivity contribution in [3.05, 3.63) is 41.6 Å². The molecule has 104 valence electrons. The minimum Gasteiger partial charge on any atom is -0.469 e. The SMILES string of the molecule is COC(=O)C/C=C(\Nc1cccc(C)c1)C(F)(F)F. The number of anilines is 1. The fourth-order valence-electron chi connectivity index (χ4n) is 1.38. The summed E-state index contributed by atoms with van der Waals surface area (Å²) in [6.07, 6.45) is -4.23. The Morgan fingerprint density at radius 1 is 1.42 bits per heavy atom. The zero-order chi connectivity index (χ0) is 14.5. The van der Waals surface area contributed by atoms with Crippen molar-refractivity contribution in [3.8, 4) is 0 Å². The number of rotatable bonds is 4. The summed E-state index contributed by atoms with van der Waals surface area (Å²) in [5.74, 6) is -0.729. The highest BCUT2D eigenvalue weighted by Crippen LogP contribution is 2.27. The van der Waals surface area contributed by atoms with Crippen molar-refractivity contribution in [1.29, 1.82) is 0 Å². The second-order valence-electron chi connectivity index (χ2n) is 3.89. The van der Waals surface area contributed by atoms with Crippen LogP contribution < -0.4 is 5.32 Å². The minimum atomic E-state index is -4.56. The van der Waals surface area contributed by atoms with E-state index < -0.39 is 24.3 Å². The van der Waals surface area contributed by atoms with Crippen molar-refractivity contribution < 1.29 is 22.7 Å². The topological polar surface area (TPSA) is 38.3 Å². The number of esters is 1. The normalized spacial score (nSPS) is 12.2. The predicted molar refractivity (Wildman–Crippen MR) is 65.6 cm³/mol. The molecule has 3 nitrogen and oxygen atoms in total. The van der Waals surface area contributed by atoms with Crippen LogP contribution in [0.3, 0.4) is 0 Å². The second kappa shape index (κ2) is 6.26. The molecule has 0 aliphatic rings. The number of methoxy groups -OCH3 is 1. The molecule has 0 saturated heterocycles. The van der Waals surface area contributed by atoms with Gasteiger partial charge in [-0.1, -0.05) is 12.1 Å². The lowest BCUT2D eigenvalue weighted by atomic mass is 10.2. The third kappa shape index (κ3) is 5.03. The lowest BCUT2D eigenvalue weighted by Crippen LogP contribution is -2.19. The van der Waals surface area contributed by atoms with E-state index >= 15 is 0 Å². The number of allylic oxidation sites excluding steroid dienone is 1. The Morgan fingerprint density at radius 2 is 2.11 bits per heavy atom. The molecule has 0 unspecified atom stereocenters. The van der Waals surface area contributed by atoms with Gasteiger partial charge in [0.15, 0.2) is 0 Å². The number of carbonyl (C=O) groups is 1. The molecule has 0 saturated carbocycles. The molecule has 1 rings (SSSR count). The van der Waals surface area contributed by atoms with E-state index in [1.165, 1.54) is 6.07 Å². The fourth-order valence-corrected chi connectivity index (χ4v) is 1.38. The molecular weight excluding hydrogens is 259 g/mol. The summed E-state index contributed by atoms with van der Waals surface area (Å²) >= 11 is 0. The molecule has 19 heavy (non-hydrogen) atoms. The molecule has 1 N–H and O–H groups in total. The lowest BCUT2D eigenvalue weighted by Gasteiger charge is -2.14. The number of hydrogen-bond donors (Lipinski definition) is 1. The molecule has 0 aromatic heterocycles. The van der Waals surface area contributed by atoms with Gasteiger partial charge in [0.1, 0.15) is 5.70 Å². The Kier molecular flexibility index (Phi) is 4.97. The number of ether oxygens (including phenoxy) is 1. The Morgan fingerprint density at radius 3 is 2.63 bits per heavy atom. The molecule has 0 spiro atoms. The van der Waals surface area contributed by atoms with Crippen LogP contribution in [0, 0.1) is 6.92 Å². The number of halogens is 3. The van der Waals surface area contributed by atoms with Gasteiger partial charge in [0.05, 0.1) is 13.5 Å². The lowest BCUT2D eigenvalue weighted by molar-refractivity contribution is -0.139. The Hall–Kier alpha value is -1.98. The van der Waals surface area contributed by atoms with Crippen molar-refractivity contribution in [1.82, 2.24) is 0 Å². The van der Waals surface area contributed by atoms with Gasteiger partial charge in [0.25, 0.3) is 0 Å². The summed E-state index contributed by atoms with van der Waals surface area (Å²) < 4.78 is 42.6. The van der Waals surface area contributed by atoms with E-state index in [0.717, 1.165) is 18.7 Å². The monoisotopic (exact) mass is 273 g/mol. The summed E-state index contributed by atoms with van der Waals surface area (Å²) in [6.45, 7) is 1.77. The number of benzene rings is 1. The summed E-state index contributed by atoms with van der Waals surface area (Å²) in [5, 5.41) is 2.27. The quantitative estimate of drug-likeness (QED) is 0.854. The molecule has 1 aromatic carbocycles. The largest absolute Gasteiger partial charge is 0.469 e. The van der Waals surface area contributed by atoms with Crippen molar-refractivity contribution in [3.63, 3.8) is 0 Å². The van der Waals surface area contributed by atoms with E-state index in [2.05, 4.69) is 10.1 Å². The van der Waals surface area contributed by atoms with Crippen LogP contribution in [0.5, 0.6) is 0 Å². The summed E-state index contributed by atoms with van der Waals surface area (Å²) in [7, 11) is 1.12. The molecule has 0 aliphatic heterocycles. The minimum absolute atomic E-state index is 0.313. The highest BCUT2D eigenvalue weighted by Gasteiger charge is 2.33. The van der Waals surface area contributed by atoms with Crippen LogP contribution in [-0.2, 0) is 9.53 Å². The van der Waals surface area contributed by atoms with E-state index in [9.17, 15) is 18.0 Å². The Bertz CT molecular complexity index is 481. The first-order valence-corrected chi connectivity index (χ1v) is 5.51. The maximum absolute atomic E-state index is 12.8. The molecular formula is C13H14F3NO2. The van der Waals surface area contributed by atoms with Gasteiger partial charge in [-0.15, -0.1) is 0 Å². The molecule has 0 aliphatic carbocycles. The van der Waals surface area contributed by atoms with Crippen LogP contribution in [0.15, 0.2) is 36.0 Å². The van der Waals surface area contributed by atoms with Gasteiger partial charge >= 0.3 is 12.1 Å². The molecule has 0 bridgehead atoms. The average molecular weight is 273 g/mol. The standard InChI is InChI=1S/C13H14F3NO2/c1-9-4-3-5-10(8-9)17-11(13(14,15)16)6-7-12(18)19-2/h3-6,8,17H,7H2,1-2H3/b11-6-. The summed E-state index contributed by atoms with van der Waals surface area (Å²) in [6, 6.07) is 6.52. The van der Waals surface area contributed by atoms with Gasteiger partial charge in [-0.05, 0) is 30.7 Å². The van der Waals surface area contributed by atoms with E-state index in [1.807, 2.05) is 0 Å². The van der Waals surface area contributed by atoms with Gasteiger partial charge in [-0.2, -0.15) is 13.2 Å². The van der Waals surface area contributed by atoms with Gasteiger partial charge < -0.3 is 10.1 Å². The molecule has 1 aromatic rings. The van der Waals surface area contributed by atoms with Gasteiger partial charge in [0.2, 0.25) is 0 Å². The van der Waals surface area contributed by atoms with Crippen LogP contribution in [0.2, 0.25) is 0 Å². The highest BCUT2D eigenvalue weighted by molar-refractivity contribution is 5.71. The first-order chi connectivity index (χ1) is 8.82. The van der Waals surface area contributed by atoms with E-state index in [4.69, 9.17) is 0 Å². The molecule has 0 amide bonds. The fraction of sp³-hybridized carbons (Fsp3) is 0.308. The number of nitrogens with one attached hydrogen (secondary N) is 1. The number of alkyl halides is 3. The van der Waals surface area contributed by atoms with Gasteiger partial charge in [-0.3, -0.25) is 4.79 Å². The van der Waals surface area contributed by atoms with Crippen LogP contribution >= 0.6 is 0 Å². The Balaban J connectivity index is 2.90. The maximum Gasteiger partial charge on any atom is 0.430 e. The molecule has 0 atom stereocenters. The third-order valence-electron chi connectivity index (χ3n) is 2.30. The summed E-state index contributed by atoms with van der Waals surface area (Å²) in [5.41, 5.74) is 0.163. The molecule has 6 heteroatoms. The number of carbonyl (C=O) groups excluding carboxylic acids is 1. The number of hydrogen-bond acceptors (Lipinski definition) is 3. The van der Waals surface area contributed by atoms with E-state index in [-0.39, 0.29) is 0 Å². The third-order valence-corrected chi connectivity index (χ3v) is 2.30. The van der Waals surface area contributed by atoms with Crippen molar-refractivity contribution in [2.45, 2.75) is 19.5 Å². The van der Waals surface area contributed by atoms with Crippen LogP contribution in [-0.4, -0.2) is 19.3 Å². The van der Waals surface area contributed by atoms with Crippen molar-refractivity contribution >= 4 is 11.7 Å². The van der Waals surface area contributed by atoms with Gasteiger partial charge in [-0.25, -0.2) is 0 Å². The van der Waals surface area contributed by atoms with Crippen LogP contribution in [0.25, 0.3) is 0 Å². The second-order valence-corrected chi connectivity index (χ2v) is 3.89. The molecule has 0 heterocycles. The molecule has 0 radical (unpaired) electrons. The van der Waals surface area contributed by atoms with Crippen LogP contribution in [0.4, 0.5) is 18.9 Å². The molecule has 0 fully saturated rings. The maximum atomic E-state index is 12.8. The van der Waals surface area contributed by atoms with Crippen LogP contribution in [0.1, 0.15) is 12.0 Å². The van der Waals surface area contributed by atoms with Crippen molar-refractivity contribution in [2.75, 3.05) is 12.4 Å². The smallest absolute Gasteiger partial charge is 0.430 e. The van der Waals surface area contributed by atoms with E-state index in [1.54, 1.807) is 25.1 Å². The summed E-state index contributed by atoms with van der Waals surface area (Å²) in [4.78, 5) is 10.9. The average Bonchev–Trinajstić information content (AvgIpc) is 2.32. The first-order valence-electron chi connectivity index (χ1n) is 5.51. The Labute approximate surface area is 109 Å². The highest BCUT2D eigenvalue weighted by atomic mass is 19.4.